The third-order valence-electron chi connectivity index (χ3n) is 5.51. The smallest absolute Gasteiger partial charge is 0.226 e. The van der Waals surface area contributed by atoms with Crippen LogP contribution in [0.4, 0.5) is 5.82 Å². The van der Waals surface area contributed by atoms with Gasteiger partial charge in [-0.2, -0.15) is 9.78 Å². The average molecular weight is 419 g/mol. The Bertz CT molecular complexity index is 1270. The molecule has 0 fully saturated rings. The Balaban J connectivity index is 1.64. The van der Waals surface area contributed by atoms with E-state index in [1.165, 1.54) is 22.5 Å². The fourth-order valence-corrected chi connectivity index (χ4v) is 5.12. The van der Waals surface area contributed by atoms with Crippen molar-refractivity contribution in [2.75, 3.05) is 11.9 Å². The number of amides is 1. The topological polar surface area (TPSA) is 69.0 Å². The Morgan fingerprint density at radius 2 is 2.07 bits per heavy atom. The molecular weight excluding hydrogens is 396 g/mol. The highest BCUT2D eigenvalue weighted by atomic mass is 32.1. The lowest BCUT2D eigenvalue weighted by Crippen LogP contribution is -2.25. The van der Waals surface area contributed by atoms with Crippen molar-refractivity contribution in [3.05, 3.63) is 64.8 Å². The number of rotatable bonds is 4. The first kappa shape index (κ1) is 18.8. The summed E-state index contributed by atoms with van der Waals surface area (Å²) < 4.78 is 8.41. The third-order valence-corrected chi connectivity index (χ3v) is 6.50. The van der Waals surface area contributed by atoms with Gasteiger partial charge in [0.2, 0.25) is 11.0 Å². The van der Waals surface area contributed by atoms with E-state index in [-0.39, 0.29) is 11.8 Å². The maximum Gasteiger partial charge on any atom is 0.226 e. The van der Waals surface area contributed by atoms with Gasteiger partial charge in [0.1, 0.15) is 11.6 Å². The molecule has 0 radical (unpaired) electrons. The van der Waals surface area contributed by atoms with E-state index in [1.807, 2.05) is 44.2 Å². The zero-order chi connectivity index (χ0) is 20.8. The highest BCUT2D eigenvalue weighted by molar-refractivity contribution is 7.20. The maximum atomic E-state index is 12.6. The standard InChI is InChI=1S/C23H22N4O2S/c1-4-29-15-9-10-18-19(11-15)30-23(24-18)27-22-21(14(3)26-27)17(12-20(28)25-22)16-8-6-5-7-13(16)2/h5-11,17H,4,12H2,1-3H3,(H,25,28)/t17-/m1/s1. The van der Waals surface area contributed by atoms with Crippen molar-refractivity contribution in [3.8, 4) is 10.9 Å². The van der Waals surface area contributed by atoms with Gasteiger partial charge in [0, 0.05) is 17.9 Å². The van der Waals surface area contributed by atoms with Crippen molar-refractivity contribution in [1.29, 1.82) is 0 Å². The Labute approximate surface area is 178 Å². The number of hydrogen-bond acceptors (Lipinski definition) is 5. The fraction of sp³-hybridized carbons (Fsp3) is 0.261. The minimum absolute atomic E-state index is 0.00311. The second-order valence-electron chi connectivity index (χ2n) is 7.48. The van der Waals surface area contributed by atoms with Crippen LogP contribution in [-0.4, -0.2) is 27.3 Å². The number of hydrogen-bond donors (Lipinski definition) is 1. The number of aromatic nitrogens is 3. The lowest BCUT2D eigenvalue weighted by Gasteiger charge is -2.25. The van der Waals surface area contributed by atoms with E-state index < -0.39 is 0 Å². The molecule has 0 saturated heterocycles. The largest absolute Gasteiger partial charge is 0.494 e. The number of anilines is 1. The summed E-state index contributed by atoms with van der Waals surface area (Å²) in [6, 6.07) is 14.1. The quantitative estimate of drug-likeness (QED) is 0.508. The number of carbonyl (C=O) groups excluding carboxylic acids is 1. The molecule has 2 aromatic carbocycles. The molecule has 0 bridgehead atoms. The highest BCUT2D eigenvalue weighted by Gasteiger charge is 2.33. The number of thiazole rings is 1. The summed E-state index contributed by atoms with van der Waals surface area (Å²) in [4.78, 5) is 17.4. The van der Waals surface area contributed by atoms with Crippen LogP contribution in [0.2, 0.25) is 0 Å². The fourth-order valence-electron chi connectivity index (χ4n) is 4.17. The molecule has 7 heteroatoms. The molecule has 5 rings (SSSR count). The first-order chi connectivity index (χ1) is 14.5. The van der Waals surface area contributed by atoms with Gasteiger partial charge < -0.3 is 10.1 Å². The predicted molar refractivity (Wildman–Crippen MR) is 119 cm³/mol. The molecule has 1 atom stereocenters. The molecule has 0 aliphatic carbocycles. The Hall–Kier alpha value is -3.19. The maximum absolute atomic E-state index is 12.6. The molecule has 1 amide bonds. The zero-order valence-electron chi connectivity index (χ0n) is 17.1. The van der Waals surface area contributed by atoms with E-state index in [2.05, 4.69) is 24.4 Å². The van der Waals surface area contributed by atoms with Crippen molar-refractivity contribution >= 4 is 33.3 Å². The van der Waals surface area contributed by atoms with Crippen LogP contribution in [0.3, 0.4) is 0 Å². The summed E-state index contributed by atoms with van der Waals surface area (Å²) in [7, 11) is 0. The number of fused-ring (bicyclic) bond motifs is 2. The normalized spacial score (nSPS) is 15.8. The van der Waals surface area contributed by atoms with Crippen LogP contribution in [0.15, 0.2) is 42.5 Å². The summed E-state index contributed by atoms with van der Waals surface area (Å²) in [5.41, 5.74) is 5.21. The van der Waals surface area contributed by atoms with Gasteiger partial charge in [-0.05, 0) is 50.1 Å². The average Bonchev–Trinajstić information content (AvgIpc) is 3.28. The van der Waals surface area contributed by atoms with Gasteiger partial charge >= 0.3 is 0 Å². The predicted octanol–water partition coefficient (Wildman–Crippen LogP) is 4.97. The van der Waals surface area contributed by atoms with Gasteiger partial charge in [-0.1, -0.05) is 35.6 Å². The van der Waals surface area contributed by atoms with E-state index in [9.17, 15) is 4.79 Å². The second kappa shape index (κ2) is 7.25. The Kier molecular flexibility index (Phi) is 4.55. The molecular formula is C23H22N4O2S. The number of nitrogens with zero attached hydrogens (tertiary/aromatic N) is 3. The van der Waals surface area contributed by atoms with E-state index in [0.717, 1.165) is 38.2 Å². The first-order valence-corrected chi connectivity index (χ1v) is 10.9. The van der Waals surface area contributed by atoms with E-state index in [1.54, 1.807) is 4.68 Å². The van der Waals surface area contributed by atoms with Gasteiger partial charge in [-0.25, -0.2) is 4.98 Å². The molecule has 6 nitrogen and oxygen atoms in total. The summed E-state index contributed by atoms with van der Waals surface area (Å²) >= 11 is 1.54. The van der Waals surface area contributed by atoms with Crippen LogP contribution >= 0.6 is 11.3 Å². The Morgan fingerprint density at radius 1 is 1.23 bits per heavy atom. The van der Waals surface area contributed by atoms with Gasteiger partial charge in [-0.15, -0.1) is 0 Å². The van der Waals surface area contributed by atoms with E-state index in [4.69, 9.17) is 14.8 Å². The first-order valence-electron chi connectivity index (χ1n) is 10.0. The van der Waals surface area contributed by atoms with Crippen LogP contribution in [0.25, 0.3) is 15.3 Å². The second-order valence-corrected chi connectivity index (χ2v) is 8.49. The van der Waals surface area contributed by atoms with Crippen molar-refractivity contribution in [1.82, 2.24) is 14.8 Å². The Morgan fingerprint density at radius 3 is 2.87 bits per heavy atom. The van der Waals surface area contributed by atoms with E-state index in [0.29, 0.717) is 13.0 Å². The van der Waals surface area contributed by atoms with E-state index >= 15 is 0 Å². The summed E-state index contributed by atoms with van der Waals surface area (Å²) in [5.74, 6) is 1.53. The SMILES string of the molecule is CCOc1ccc2nc(-n3nc(C)c4c3NC(=O)C[C@@H]4c3ccccc3C)sc2c1. The number of nitrogens with one attached hydrogen (secondary N) is 1. The van der Waals surface area contributed by atoms with Gasteiger partial charge in [0.05, 0.1) is 22.5 Å². The summed E-state index contributed by atoms with van der Waals surface area (Å²) in [5, 5.41) is 8.55. The minimum atomic E-state index is -0.0114. The van der Waals surface area contributed by atoms with Crippen molar-refractivity contribution < 1.29 is 9.53 Å². The molecule has 0 spiro atoms. The lowest BCUT2D eigenvalue weighted by atomic mass is 9.84. The van der Waals surface area contributed by atoms with Gasteiger partial charge in [0.25, 0.3) is 0 Å². The minimum Gasteiger partial charge on any atom is -0.494 e. The van der Waals surface area contributed by atoms with Crippen LogP contribution in [0, 0.1) is 13.8 Å². The van der Waals surface area contributed by atoms with Gasteiger partial charge in [0.15, 0.2) is 0 Å². The zero-order valence-corrected chi connectivity index (χ0v) is 17.9. The molecule has 30 heavy (non-hydrogen) atoms. The van der Waals surface area contributed by atoms with Crippen molar-refractivity contribution in [3.63, 3.8) is 0 Å². The van der Waals surface area contributed by atoms with Crippen LogP contribution in [0.1, 0.15) is 41.6 Å². The summed E-state index contributed by atoms with van der Waals surface area (Å²) in [6.07, 6.45) is 0.419. The molecule has 4 aromatic rings. The monoisotopic (exact) mass is 418 g/mol. The molecule has 1 N–H and O–H groups in total. The van der Waals surface area contributed by atoms with Crippen molar-refractivity contribution in [2.24, 2.45) is 0 Å². The number of carbonyl (C=O) groups is 1. The highest BCUT2D eigenvalue weighted by Crippen LogP contribution is 2.42. The third kappa shape index (κ3) is 3.06. The van der Waals surface area contributed by atoms with Crippen LogP contribution in [0.5, 0.6) is 5.75 Å². The van der Waals surface area contributed by atoms with Gasteiger partial charge in [-0.3, -0.25) is 4.79 Å². The number of ether oxygens (including phenoxy) is 1. The summed E-state index contributed by atoms with van der Waals surface area (Å²) in [6.45, 7) is 6.67. The molecule has 1 aliphatic rings. The van der Waals surface area contributed by atoms with Crippen LogP contribution < -0.4 is 10.1 Å². The molecule has 152 valence electrons. The molecule has 2 aromatic heterocycles. The number of benzene rings is 2. The number of aryl methyl sites for hydroxylation is 2. The molecule has 0 saturated carbocycles. The molecule has 0 unspecified atom stereocenters. The van der Waals surface area contributed by atoms with Crippen LogP contribution in [-0.2, 0) is 4.79 Å². The van der Waals surface area contributed by atoms with Crippen molar-refractivity contribution in [2.45, 2.75) is 33.1 Å². The molecule has 1 aliphatic heterocycles. The lowest BCUT2D eigenvalue weighted by molar-refractivity contribution is -0.116. The molecule has 3 heterocycles.